The summed E-state index contributed by atoms with van der Waals surface area (Å²) in [7, 11) is 0. The summed E-state index contributed by atoms with van der Waals surface area (Å²) in [6.45, 7) is 12.6. The average molecular weight is 173 g/mol. The highest BCUT2D eigenvalue weighted by atomic mass is 16.5. The van der Waals surface area contributed by atoms with Gasteiger partial charge in [-0.25, -0.2) is 0 Å². The van der Waals surface area contributed by atoms with E-state index in [1.165, 1.54) is 0 Å². The van der Waals surface area contributed by atoms with Crippen molar-refractivity contribution >= 4 is 0 Å². The van der Waals surface area contributed by atoms with Crippen LogP contribution in [0.3, 0.4) is 0 Å². The molecule has 0 rings (SSSR count). The molecule has 0 radical (unpaired) electrons. The van der Waals surface area contributed by atoms with Gasteiger partial charge in [-0.15, -0.1) is 0 Å². The molecular formula is C10H23NO. The minimum absolute atomic E-state index is 0.0227. The maximum Gasteiger partial charge on any atom is 0.0678 e. The molecule has 0 aliphatic carbocycles. The van der Waals surface area contributed by atoms with Gasteiger partial charge in [0, 0.05) is 6.54 Å². The van der Waals surface area contributed by atoms with Crippen LogP contribution in [0, 0.1) is 0 Å². The van der Waals surface area contributed by atoms with Crippen LogP contribution in [0.1, 0.15) is 41.0 Å². The van der Waals surface area contributed by atoms with E-state index in [9.17, 15) is 0 Å². The van der Waals surface area contributed by atoms with Crippen molar-refractivity contribution in [3.63, 3.8) is 0 Å². The Kier molecular flexibility index (Phi) is 5.51. The lowest BCUT2D eigenvalue weighted by Crippen LogP contribution is -2.34. The Morgan fingerprint density at radius 2 is 1.92 bits per heavy atom. The predicted octanol–water partition coefficient (Wildman–Crippen LogP) is 2.19. The van der Waals surface area contributed by atoms with Gasteiger partial charge in [0.15, 0.2) is 0 Å². The molecule has 0 aromatic rings. The molecule has 1 atom stereocenters. The fraction of sp³-hybridized carbons (Fsp3) is 1.00. The van der Waals surface area contributed by atoms with E-state index in [0.717, 1.165) is 19.5 Å². The van der Waals surface area contributed by atoms with Crippen molar-refractivity contribution in [3.05, 3.63) is 0 Å². The Hall–Kier alpha value is -0.0800. The van der Waals surface area contributed by atoms with Crippen molar-refractivity contribution in [3.8, 4) is 0 Å². The molecule has 2 heteroatoms. The van der Waals surface area contributed by atoms with E-state index in [1.807, 2.05) is 0 Å². The van der Waals surface area contributed by atoms with Crippen molar-refractivity contribution in [2.24, 2.45) is 0 Å². The van der Waals surface area contributed by atoms with Crippen LogP contribution in [0.4, 0.5) is 0 Å². The molecule has 0 saturated carbocycles. The highest BCUT2D eigenvalue weighted by molar-refractivity contribution is 4.68. The third kappa shape index (κ3) is 5.56. The van der Waals surface area contributed by atoms with Gasteiger partial charge < -0.3 is 10.1 Å². The zero-order chi connectivity index (χ0) is 9.61. The second kappa shape index (κ2) is 5.55. The first-order chi connectivity index (χ1) is 5.52. The summed E-state index contributed by atoms with van der Waals surface area (Å²) in [4.78, 5) is 0. The number of hydrogen-bond acceptors (Lipinski definition) is 2. The molecule has 0 aliphatic heterocycles. The molecule has 0 amide bonds. The summed E-state index contributed by atoms with van der Waals surface area (Å²) in [6.07, 6.45) is 1.36. The standard InChI is InChI=1S/C10H23NO/c1-6-10(4,5)12-9(3)8-11-7-2/h9,11H,6-8H2,1-5H3. The maximum absolute atomic E-state index is 5.83. The van der Waals surface area contributed by atoms with Gasteiger partial charge in [0.2, 0.25) is 0 Å². The van der Waals surface area contributed by atoms with E-state index in [4.69, 9.17) is 4.74 Å². The number of likely N-dealkylation sites (N-methyl/N-ethyl adjacent to an activating group) is 1. The molecule has 0 aromatic heterocycles. The van der Waals surface area contributed by atoms with Crippen molar-refractivity contribution in [2.45, 2.75) is 52.7 Å². The van der Waals surface area contributed by atoms with E-state index in [0.29, 0.717) is 6.10 Å². The number of ether oxygens (including phenoxy) is 1. The van der Waals surface area contributed by atoms with Crippen molar-refractivity contribution < 1.29 is 4.74 Å². The van der Waals surface area contributed by atoms with Crippen LogP contribution in [-0.2, 0) is 4.74 Å². The monoisotopic (exact) mass is 173 g/mol. The Balaban J connectivity index is 3.60. The summed E-state index contributed by atoms with van der Waals surface area (Å²) in [6, 6.07) is 0. The molecule has 0 saturated heterocycles. The first-order valence-corrected chi connectivity index (χ1v) is 4.90. The molecule has 1 unspecified atom stereocenters. The van der Waals surface area contributed by atoms with Gasteiger partial charge in [-0.05, 0) is 33.7 Å². The zero-order valence-corrected chi connectivity index (χ0v) is 9.11. The van der Waals surface area contributed by atoms with Crippen LogP contribution < -0.4 is 5.32 Å². The third-order valence-electron chi connectivity index (χ3n) is 2.05. The molecule has 0 aliphatic rings. The molecule has 0 bridgehead atoms. The fourth-order valence-electron chi connectivity index (χ4n) is 1.02. The first kappa shape index (κ1) is 11.9. The van der Waals surface area contributed by atoms with Crippen LogP contribution in [0.25, 0.3) is 0 Å². The van der Waals surface area contributed by atoms with E-state index < -0.39 is 0 Å². The summed E-state index contributed by atoms with van der Waals surface area (Å²) in [5.74, 6) is 0. The van der Waals surface area contributed by atoms with E-state index in [1.54, 1.807) is 0 Å². The molecule has 0 fully saturated rings. The summed E-state index contributed by atoms with van der Waals surface area (Å²) >= 11 is 0. The van der Waals surface area contributed by atoms with Gasteiger partial charge in [0.25, 0.3) is 0 Å². The highest BCUT2D eigenvalue weighted by Gasteiger charge is 2.18. The van der Waals surface area contributed by atoms with E-state index >= 15 is 0 Å². The molecule has 0 spiro atoms. The Morgan fingerprint density at radius 1 is 1.33 bits per heavy atom. The molecular weight excluding hydrogens is 150 g/mol. The highest BCUT2D eigenvalue weighted by Crippen LogP contribution is 2.15. The summed E-state index contributed by atoms with van der Waals surface area (Å²) < 4.78 is 5.83. The quantitative estimate of drug-likeness (QED) is 0.665. The largest absolute Gasteiger partial charge is 0.371 e. The van der Waals surface area contributed by atoms with Gasteiger partial charge in [-0.3, -0.25) is 0 Å². The number of rotatable bonds is 6. The van der Waals surface area contributed by atoms with E-state index in [-0.39, 0.29) is 5.60 Å². The smallest absolute Gasteiger partial charge is 0.0678 e. The lowest BCUT2D eigenvalue weighted by Gasteiger charge is -2.28. The Labute approximate surface area is 76.7 Å². The van der Waals surface area contributed by atoms with Crippen LogP contribution in [0.15, 0.2) is 0 Å². The Bertz CT molecular complexity index is 112. The topological polar surface area (TPSA) is 21.3 Å². The van der Waals surface area contributed by atoms with Crippen LogP contribution in [0.5, 0.6) is 0 Å². The number of nitrogens with one attached hydrogen (secondary N) is 1. The third-order valence-corrected chi connectivity index (χ3v) is 2.05. The molecule has 2 nitrogen and oxygen atoms in total. The SMILES string of the molecule is CCNCC(C)OC(C)(C)CC. The molecule has 1 N–H and O–H groups in total. The Morgan fingerprint density at radius 3 is 2.33 bits per heavy atom. The predicted molar refractivity (Wildman–Crippen MR) is 53.5 cm³/mol. The minimum atomic E-state index is 0.0227. The minimum Gasteiger partial charge on any atom is -0.371 e. The first-order valence-electron chi connectivity index (χ1n) is 4.90. The lowest BCUT2D eigenvalue weighted by molar-refractivity contribution is -0.0639. The van der Waals surface area contributed by atoms with Crippen LogP contribution in [0.2, 0.25) is 0 Å². The molecule has 74 valence electrons. The van der Waals surface area contributed by atoms with E-state index in [2.05, 4.69) is 39.9 Å². The van der Waals surface area contributed by atoms with Crippen molar-refractivity contribution in [1.82, 2.24) is 5.32 Å². The van der Waals surface area contributed by atoms with Crippen LogP contribution >= 0.6 is 0 Å². The van der Waals surface area contributed by atoms with Crippen molar-refractivity contribution in [2.75, 3.05) is 13.1 Å². The van der Waals surface area contributed by atoms with Gasteiger partial charge >= 0.3 is 0 Å². The fourth-order valence-corrected chi connectivity index (χ4v) is 1.02. The second-order valence-electron chi connectivity index (χ2n) is 3.85. The van der Waals surface area contributed by atoms with Gasteiger partial charge in [0.1, 0.15) is 0 Å². The van der Waals surface area contributed by atoms with Gasteiger partial charge in [0.05, 0.1) is 11.7 Å². The summed E-state index contributed by atoms with van der Waals surface area (Å²) in [5, 5.41) is 3.27. The molecule has 12 heavy (non-hydrogen) atoms. The number of hydrogen-bond donors (Lipinski definition) is 1. The van der Waals surface area contributed by atoms with Crippen molar-refractivity contribution in [1.29, 1.82) is 0 Å². The average Bonchev–Trinajstić information content (AvgIpc) is 2.00. The second-order valence-corrected chi connectivity index (χ2v) is 3.85. The maximum atomic E-state index is 5.83. The lowest BCUT2D eigenvalue weighted by atomic mass is 10.1. The molecule has 0 aromatic carbocycles. The summed E-state index contributed by atoms with van der Waals surface area (Å²) in [5.41, 5.74) is 0.0227. The normalized spacial score (nSPS) is 14.8. The van der Waals surface area contributed by atoms with Gasteiger partial charge in [-0.1, -0.05) is 13.8 Å². The zero-order valence-electron chi connectivity index (χ0n) is 9.11. The van der Waals surface area contributed by atoms with Crippen LogP contribution in [-0.4, -0.2) is 24.8 Å². The van der Waals surface area contributed by atoms with Gasteiger partial charge in [-0.2, -0.15) is 0 Å². The molecule has 0 heterocycles.